The monoisotopic (exact) mass is 291 g/mol. The zero-order chi connectivity index (χ0) is 15.7. The lowest BCUT2D eigenvalue weighted by molar-refractivity contribution is -0.0124. The highest BCUT2D eigenvalue weighted by Crippen LogP contribution is 2.20. The number of hydrogen-bond donors (Lipinski definition) is 1. The molecule has 0 saturated carbocycles. The molecule has 21 heavy (non-hydrogen) atoms. The second-order valence-corrected chi connectivity index (χ2v) is 5.31. The highest BCUT2D eigenvalue weighted by molar-refractivity contribution is 5.48. The first-order chi connectivity index (χ1) is 10.0. The van der Waals surface area contributed by atoms with Gasteiger partial charge in [-0.1, -0.05) is 17.9 Å². The molecule has 0 bridgehead atoms. The molecule has 0 amide bonds. The van der Waals surface area contributed by atoms with Gasteiger partial charge in [0.2, 0.25) is 0 Å². The fraction of sp³-hybridized carbons (Fsp3) is 0.529. The maximum absolute atomic E-state index is 5.70. The Morgan fingerprint density at radius 2 is 2.00 bits per heavy atom. The number of benzene rings is 1. The molecule has 0 atom stereocenters. The van der Waals surface area contributed by atoms with Gasteiger partial charge in [-0.2, -0.15) is 0 Å². The van der Waals surface area contributed by atoms with Crippen molar-refractivity contribution < 1.29 is 14.2 Å². The van der Waals surface area contributed by atoms with E-state index in [2.05, 4.69) is 11.8 Å². The average molecular weight is 291 g/mol. The first-order valence-electron chi connectivity index (χ1n) is 7.01. The van der Waals surface area contributed by atoms with Crippen LogP contribution in [0.5, 0.6) is 5.75 Å². The maximum atomic E-state index is 5.70. The van der Waals surface area contributed by atoms with E-state index < -0.39 is 0 Å². The summed E-state index contributed by atoms with van der Waals surface area (Å²) in [6.45, 7) is 5.61. The van der Waals surface area contributed by atoms with Crippen molar-refractivity contribution in [3.05, 3.63) is 29.3 Å². The molecule has 4 nitrogen and oxygen atoms in total. The normalized spacial score (nSPS) is 10.9. The summed E-state index contributed by atoms with van der Waals surface area (Å²) in [5.41, 5.74) is 7.15. The van der Waals surface area contributed by atoms with Crippen LogP contribution in [0, 0.1) is 11.8 Å². The molecule has 0 aliphatic heterocycles. The molecule has 0 radical (unpaired) electrons. The Morgan fingerprint density at radius 1 is 1.24 bits per heavy atom. The van der Waals surface area contributed by atoms with E-state index in [4.69, 9.17) is 19.9 Å². The van der Waals surface area contributed by atoms with Gasteiger partial charge in [-0.15, -0.1) is 0 Å². The number of nitrogens with two attached hydrogens (primary N) is 1. The lowest BCUT2D eigenvalue weighted by Crippen LogP contribution is -2.24. The van der Waals surface area contributed by atoms with E-state index in [1.807, 2.05) is 32.0 Å². The Morgan fingerprint density at radius 3 is 2.62 bits per heavy atom. The molecule has 0 spiro atoms. The van der Waals surface area contributed by atoms with Gasteiger partial charge in [-0.3, -0.25) is 0 Å². The van der Waals surface area contributed by atoms with Gasteiger partial charge < -0.3 is 19.9 Å². The zero-order valence-electron chi connectivity index (χ0n) is 13.4. The number of rotatable bonds is 7. The Kier molecular flexibility index (Phi) is 7.24. The second-order valence-electron chi connectivity index (χ2n) is 5.31. The molecule has 4 heteroatoms. The molecule has 0 heterocycles. The molecule has 1 aromatic rings. The first-order valence-corrected chi connectivity index (χ1v) is 7.01. The highest BCUT2D eigenvalue weighted by Gasteiger charge is 2.15. The van der Waals surface area contributed by atoms with Crippen LogP contribution in [0.3, 0.4) is 0 Å². The van der Waals surface area contributed by atoms with E-state index >= 15 is 0 Å². The Bertz CT molecular complexity index is 500. The van der Waals surface area contributed by atoms with Crippen molar-refractivity contribution in [2.24, 2.45) is 5.73 Å². The van der Waals surface area contributed by atoms with Crippen LogP contribution in [0.4, 0.5) is 0 Å². The molecule has 0 aliphatic rings. The maximum Gasteiger partial charge on any atom is 0.134 e. The van der Waals surface area contributed by atoms with Crippen molar-refractivity contribution in [1.29, 1.82) is 0 Å². The summed E-state index contributed by atoms with van der Waals surface area (Å²) in [5, 5.41) is 0. The molecule has 1 aromatic carbocycles. The Balaban J connectivity index is 2.60. The Hall–Kier alpha value is -1.54. The van der Waals surface area contributed by atoms with Crippen LogP contribution >= 0.6 is 0 Å². The van der Waals surface area contributed by atoms with Crippen molar-refractivity contribution >= 4 is 0 Å². The number of methoxy groups -OCH3 is 2. The summed E-state index contributed by atoms with van der Waals surface area (Å²) in [5.74, 6) is 6.60. The molecular weight excluding hydrogens is 266 g/mol. The van der Waals surface area contributed by atoms with Crippen LogP contribution in [0.1, 0.15) is 31.4 Å². The SMILES string of the molecule is COc1ccc(COCCC(C)(C)OC)cc1C#CCN. The Labute approximate surface area is 127 Å². The highest BCUT2D eigenvalue weighted by atomic mass is 16.5. The van der Waals surface area contributed by atoms with Gasteiger partial charge >= 0.3 is 0 Å². The first kappa shape index (κ1) is 17.5. The van der Waals surface area contributed by atoms with Gasteiger partial charge in [0, 0.05) is 13.7 Å². The fourth-order valence-corrected chi connectivity index (χ4v) is 1.70. The van der Waals surface area contributed by atoms with Crippen molar-refractivity contribution in [2.75, 3.05) is 27.4 Å². The quantitative estimate of drug-likeness (QED) is 0.619. The molecule has 0 unspecified atom stereocenters. The van der Waals surface area contributed by atoms with Gasteiger partial charge in [0.05, 0.1) is 31.4 Å². The molecule has 116 valence electrons. The van der Waals surface area contributed by atoms with Crippen LogP contribution in [0.15, 0.2) is 18.2 Å². The predicted molar refractivity (Wildman–Crippen MR) is 84.3 cm³/mol. The minimum absolute atomic E-state index is 0.155. The summed E-state index contributed by atoms with van der Waals surface area (Å²) in [7, 11) is 3.35. The lowest BCUT2D eigenvalue weighted by atomic mass is 10.1. The van der Waals surface area contributed by atoms with Crippen molar-refractivity contribution in [3.8, 4) is 17.6 Å². The van der Waals surface area contributed by atoms with E-state index in [1.165, 1.54) is 0 Å². The van der Waals surface area contributed by atoms with Gasteiger partial charge in [-0.05, 0) is 38.0 Å². The van der Waals surface area contributed by atoms with E-state index in [1.54, 1.807) is 14.2 Å². The molecule has 1 rings (SSSR count). The van der Waals surface area contributed by atoms with Crippen LogP contribution in [0.2, 0.25) is 0 Å². The number of ether oxygens (including phenoxy) is 3. The van der Waals surface area contributed by atoms with Crippen molar-refractivity contribution in [2.45, 2.75) is 32.5 Å². The summed E-state index contributed by atoms with van der Waals surface area (Å²) < 4.78 is 16.3. The molecule has 0 aliphatic carbocycles. The summed E-state index contributed by atoms with van der Waals surface area (Å²) >= 11 is 0. The third-order valence-corrected chi connectivity index (χ3v) is 3.26. The standard InChI is InChI=1S/C17H25NO3/c1-17(2,20-4)9-11-21-13-14-7-8-16(19-3)15(12-14)6-5-10-18/h7-8,12H,9-11,13,18H2,1-4H3. The molecule has 0 saturated heterocycles. The largest absolute Gasteiger partial charge is 0.495 e. The number of hydrogen-bond acceptors (Lipinski definition) is 4. The van der Waals surface area contributed by atoms with Crippen LogP contribution in [-0.4, -0.2) is 33.0 Å². The van der Waals surface area contributed by atoms with Crippen molar-refractivity contribution in [1.82, 2.24) is 0 Å². The molecular formula is C17H25NO3. The zero-order valence-corrected chi connectivity index (χ0v) is 13.4. The molecule has 0 aromatic heterocycles. The minimum Gasteiger partial charge on any atom is -0.495 e. The van der Waals surface area contributed by atoms with Crippen molar-refractivity contribution in [3.63, 3.8) is 0 Å². The third kappa shape index (κ3) is 6.17. The third-order valence-electron chi connectivity index (χ3n) is 3.26. The summed E-state index contributed by atoms with van der Waals surface area (Å²) in [6, 6.07) is 5.86. The molecule has 2 N–H and O–H groups in total. The predicted octanol–water partition coefficient (Wildman–Crippen LogP) is 2.34. The van der Waals surface area contributed by atoms with E-state index in [9.17, 15) is 0 Å². The smallest absolute Gasteiger partial charge is 0.134 e. The van der Waals surface area contributed by atoms with Gasteiger partial charge in [-0.25, -0.2) is 0 Å². The van der Waals surface area contributed by atoms with E-state index in [-0.39, 0.29) is 5.60 Å². The van der Waals surface area contributed by atoms with Gasteiger partial charge in [0.15, 0.2) is 0 Å². The lowest BCUT2D eigenvalue weighted by Gasteiger charge is -2.22. The van der Waals surface area contributed by atoms with Crippen LogP contribution < -0.4 is 10.5 Å². The minimum atomic E-state index is -0.155. The van der Waals surface area contributed by atoms with Crippen LogP contribution in [-0.2, 0) is 16.1 Å². The van der Waals surface area contributed by atoms with Gasteiger partial charge in [0.25, 0.3) is 0 Å². The summed E-state index contributed by atoms with van der Waals surface area (Å²) in [6.07, 6.45) is 0.847. The second kappa shape index (κ2) is 8.68. The molecule has 0 fully saturated rings. The van der Waals surface area contributed by atoms with Gasteiger partial charge in [0.1, 0.15) is 5.75 Å². The average Bonchev–Trinajstić information content (AvgIpc) is 2.49. The van der Waals surface area contributed by atoms with E-state index in [0.717, 1.165) is 23.3 Å². The fourth-order valence-electron chi connectivity index (χ4n) is 1.70. The van der Waals surface area contributed by atoms with E-state index in [0.29, 0.717) is 19.8 Å². The summed E-state index contributed by atoms with van der Waals surface area (Å²) in [4.78, 5) is 0. The van der Waals surface area contributed by atoms with Crippen LogP contribution in [0.25, 0.3) is 0 Å². The topological polar surface area (TPSA) is 53.7 Å².